The molecule has 1 unspecified atom stereocenters. The number of rotatable bonds is 2. The van der Waals surface area contributed by atoms with Gasteiger partial charge in [0.2, 0.25) is 5.95 Å². The number of piperidine rings is 1. The molecule has 0 aromatic carbocycles. The first-order chi connectivity index (χ1) is 10.8. The van der Waals surface area contributed by atoms with E-state index in [1.807, 2.05) is 17.9 Å². The van der Waals surface area contributed by atoms with Crippen LogP contribution < -0.4 is 4.90 Å². The number of alkyl halides is 3. The van der Waals surface area contributed by atoms with E-state index in [1.165, 1.54) is 4.57 Å². The van der Waals surface area contributed by atoms with Crippen LogP contribution in [0.5, 0.6) is 0 Å². The normalized spacial score (nSPS) is 19.2. The summed E-state index contributed by atoms with van der Waals surface area (Å²) in [5.41, 5.74) is 0.0346. The highest BCUT2D eigenvalue weighted by Crippen LogP contribution is 2.32. The van der Waals surface area contributed by atoms with Gasteiger partial charge in [0, 0.05) is 44.1 Å². The molecule has 1 fully saturated rings. The minimum atomic E-state index is -4.41. The molecule has 2 aromatic heterocycles. The molecule has 0 N–H and O–H groups in total. The number of hydrogen-bond acceptors (Lipinski definition) is 4. The van der Waals surface area contributed by atoms with Crippen molar-refractivity contribution in [2.24, 2.45) is 7.05 Å². The van der Waals surface area contributed by atoms with Crippen LogP contribution in [0.15, 0.2) is 18.5 Å². The summed E-state index contributed by atoms with van der Waals surface area (Å²) in [4.78, 5) is 14.5. The van der Waals surface area contributed by atoms with E-state index in [1.54, 1.807) is 13.2 Å². The minimum absolute atomic E-state index is 0.0611. The van der Waals surface area contributed by atoms with Crippen LogP contribution in [0.2, 0.25) is 0 Å². The monoisotopic (exact) mass is 325 g/mol. The smallest absolute Gasteiger partial charge is 0.340 e. The van der Waals surface area contributed by atoms with E-state index in [0.29, 0.717) is 18.3 Å². The van der Waals surface area contributed by atoms with E-state index in [4.69, 9.17) is 0 Å². The minimum Gasteiger partial charge on any atom is -0.340 e. The molecule has 3 rings (SSSR count). The van der Waals surface area contributed by atoms with Gasteiger partial charge in [0.1, 0.15) is 5.82 Å². The molecule has 2 aromatic rings. The molecule has 1 aliphatic rings. The van der Waals surface area contributed by atoms with E-state index in [9.17, 15) is 13.2 Å². The Morgan fingerprint density at radius 1 is 1.26 bits per heavy atom. The SMILES string of the molecule is Cc1ccnc(N2CCCC(c3nc(C(F)(F)F)cn3C)C2)n1. The van der Waals surface area contributed by atoms with E-state index in [-0.39, 0.29) is 5.92 Å². The summed E-state index contributed by atoms with van der Waals surface area (Å²) in [5.74, 6) is 1.03. The lowest BCUT2D eigenvalue weighted by molar-refractivity contribution is -0.141. The van der Waals surface area contributed by atoms with Gasteiger partial charge in [0.25, 0.3) is 0 Å². The molecule has 0 amide bonds. The second kappa shape index (κ2) is 5.82. The summed E-state index contributed by atoms with van der Waals surface area (Å²) in [6.45, 7) is 3.27. The Balaban J connectivity index is 1.83. The topological polar surface area (TPSA) is 46.8 Å². The Morgan fingerprint density at radius 3 is 2.70 bits per heavy atom. The number of hydrogen-bond donors (Lipinski definition) is 0. The lowest BCUT2D eigenvalue weighted by Crippen LogP contribution is -2.36. The van der Waals surface area contributed by atoms with Gasteiger partial charge in [0.15, 0.2) is 5.69 Å². The quantitative estimate of drug-likeness (QED) is 0.852. The highest BCUT2D eigenvalue weighted by molar-refractivity contribution is 5.32. The van der Waals surface area contributed by atoms with Crippen LogP contribution in [-0.2, 0) is 13.2 Å². The summed E-state index contributed by atoms with van der Waals surface area (Å²) >= 11 is 0. The van der Waals surface area contributed by atoms with Crippen LogP contribution in [0.25, 0.3) is 0 Å². The molecular weight excluding hydrogens is 307 g/mol. The molecule has 0 bridgehead atoms. The number of aryl methyl sites for hydroxylation is 2. The largest absolute Gasteiger partial charge is 0.434 e. The predicted molar refractivity (Wildman–Crippen MR) is 79.2 cm³/mol. The molecule has 0 aliphatic carbocycles. The number of anilines is 1. The highest BCUT2D eigenvalue weighted by Gasteiger charge is 2.36. The van der Waals surface area contributed by atoms with Gasteiger partial charge in [-0.05, 0) is 25.8 Å². The number of imidazole rings is 1. The second-order valence-corrected chi connectivity index (χ2v) is 5.88. The fourth-order valence-corrected chi connectivity index (χ4v) is 2.95. The van der Waals surface area contributed by atoms with Crippen molar-refractivity contribution in [3.05, 3.63) is 35.7 Å². The molecular formula is C15H18F3N5. The van der Waals surface area contributed by atoms with Crippen molar-refractivity contribution in [2.45, 2.75) is 31.9 Å². The average Bonchev–Trinajstić information content (AvgIpc) is 2.90. The molecule has 0 saturated carbocycles. The lowest BCUT2D eigenvalue weighted by atomic mass is 9.97. The predicted octanol–water partition coefficient (Wildman–Crippen LogP) is 2.92. The van der Waals surface area contributed by atoms with Gasteiger partial charge in [-0.3, -0.25) is 0 Å². The van der Waals surface area contributed by atoms with E-state index in [0.717, 1.165) is 31.3 Å². The molecule has 0 radical (unpaired) electrons. The summed E-state index contributed by atoms with van der Waals surface area (Å²) < 4.78 is 40.0. The molecule has 8 heteroatoms. The van der Waals surface area contributed by atoms with Crippen LogP contribution in [0.4, 0.5) is 19.1 Å². The van der Waals surface area contributed by atoms with Crippen molar-refractivity contribution >= 4 is 5.95 Å². The molecule has 5 nitrogen and oxygen atoms in total. The number of aromatic nitrogens is 4. The fourth-order valence-electron chi connectivity index (χ4n) is 2.95. The molecule has 0 spiro atoms. The van der Waals surface area contributed by atoms with Crippen molar-refractivity contribution < 1.29 is 13.2 Å². The maximum atomic E-state index is 12.8. The van der Waals surface area contributed by atoms with Crippen LogP contribution in [-0.4, -0.2) is 32.6 Å². The van der Waals surface area contributed by atoms with Crippen LogP contribution >= 0.6 is 0 Å². The zero-order valence-electron chi connectivity index (χ0n) is 13.0. The van der Waals surface area contributed by atoms with Gasteiger partial charge in [-0.1, -0.05) is 0 Å². The van der Waals surface area contributed by atoms with Crippen LogP contribution in [0.3, 0.4) is 0 Å². The Kier molecular flexibility index (Phi) is 3.99. The van der Waals surface area contributed by atoms with Gasteiger partial charge in [-0.25, -0.2) is 15.0 Å². The molecule has 124 valence electrons. The molecule has 23 heavy (non-hydrogen) atoms. The molecule has 1 atom stereocenters. The zero-order chi connectivity index (χ0) is 16.6. The zero-order valence-corrected chi connectivity index (χ0v) is 13.0. The third-order valence-corrected chi connectivity index (χ3v) is 4.05. The van der Waals surface area contributed by atoms with Gasteiger partial charge >= 0.3 is 6.18 Å². The van der Waals surface area contributed by atoms with Crippen molar-refractivity contribution in [3.63, 3.8) is 0 Å². The van der Waals surface area contributed by atoms with Crippen molar-refractivity contribution in [1.82, 2.24) is 19.5 Å². The number of halogens is 3. The Bertz CT molecular complexity index is 695. The van der Waals surface area contributed by atoms with Gasteiger partial charge in [0.05, 0.1) is 0 Å². The van der Waals surface area contributed by atoms with Gasteiger partial charge < -0.3 is 9.47 Å². The maximum Gasteiger partial charge on any atom is 0.434 e. The van der Waals surface area contributed by atoms with E-state index in [2.05, 4.69) is 15.0 Å². The third kappa shape index (κ3) is 3.30. The summed E-state index contributed by atoms with van der Waals surface area (Å²) in [6.07, 6.45) is 0.0198. The van der Waals surface area contributed by atoms with Crippen LogP contribution in [0, 0.1) is 6.92 Å². The Morgan fingerprint density at radius 2 is 2.04 bits per heavy atom. The maximum absolute atomic E-state index is 12.8. The van der Waals surface area contributed by atoms with Gasteiger partial charge in [-0.2, -0.15) is 13.2 Å². The average molecular weight is 325 g/mol. The summed E-state index contributed by atoms with van der Waals surface area (Å²) in [6, 6.07) is 1.82. The Labute approximate surface area is 132 Å². The third-order valence-electron chi connectivity index (χ3n) is 4.05. The summed E-state index contributed by atoms with van der Waals surface area (Å²) in [5, 5.41) is 0. The van der Waals surface area contributed by atoms with Crippen molar-refractivity contribution in [3.8, 4) is 0 Å². The summed E-state index contributed by atoms with van der Waals surface area (Å²) in [7, 11) is 1.61. The van der Waals surface area contributed by atoms with Gasteiger partial charge in [-0.15, -0.1) is 0 Å². The number of nitrogens with zero attached hydrogens (tertiary/aromatic N) is 5. The first-order valence-corrected chi connectivity index (χ1v) is 7.49. The van der Waals surface area contributed by atoms with Crippen LogP contribution in [0.1, 0.15) is 36.0 Å². The first-order valence-electron chi connectivity index (χ1n) is 7.49. The standard InChI is InChI=1S/C15H18F3N5/c1-10-5-6-19-14(20-10)23-7-3-4-11(8-23)13-21-12(9-22(13)2)15(16,17)18/h5-6,9,11H,3-4,7-8H2,1-2H3. The van der Waals surface area contributed by atoms with Crippen molar-refractivity contribution in [1.29, 1.82) is 0 Å². The fraction of sp³-hybridized carbons (Fsp3) is 0.533. The molecule has 1 aliphatic heterocycles. The van der Waals surface area contributed by atoms with Crippen molar-refractivity contribution in [2.75, 3.05) is 18.0 Å². The van der Waals surface area contributed by atoms with E-state index >= 15 is 0 Å². The first kappa shape index (κ1) is 15.8. The van der Waals surface area contributed by atoms with E-state index < -0.39 is 11.9 Å². The molecule has 3 heterocycles. The lowest BCUT2D eigenvalue weighted by Gasteiger charge is -2.32. The molecule has 1 saturated heterocycles. The Hall–Kier alpha value is -2.12. The highest BCUT2D eigenvalue weighted by atomic mass is 19.4. The second-order valence-electron chi connectivity index (χ2n) is 5.88.